The molecule has 0 amide bonds. The highest BCUT2D eigenvalue weighted by molar-refractivity contribution is 7.12. The van der Waals surface area contributed by atoms with E-state index in [2.05, 4.69) is 25.2 Å². The predicted molar refractivity (Wildman–Crippen MR) is 80.7 cm³/mol. The first kappa shape index (κ1) is 14.5. The molecule has 1 atom stereocenters. The average molecular weight is 298 g/mol. The number of nitrogens with one attached hydrogen (secondary N) is 1. The van der Waals surface area contributed by atoms with E-state index >= 15 is 0 Å². The minimum atomic E-state index is -0.257. The number of benzene rings is 1. The quantitative estimate of drug-likeness (QED) is 0.850. The summed E-state index contributed by atoms with van der Waals surface area (Å²) in [5.74, 6) is -0.257. The molecule has 0 saturated heterocycles. The van der Waals surface area contributed by atoms with E-state index in [9.17, 15) is 4.39 Å². The molecule has 1 aromatic heterocycles. The third kappa shape index (κ3) is 3.16. The van der Waals surface area contributed by atoms with E-state index in [0.29, 0.717) is 5.02 Å². The summed E-state index contributed by atoms with van der Waals surface area (Å²) in [5.41, 5.74) is 2.06. The smallest absolute Gasteiger partial charge is 0.123 e. The second-order valence-corrected chi connectivity index (χ2v) is 6.24. The zero-order valence-electron chi connectivity index (χ0n) is 11.3. The average Bonchev–Trinajstić information content (AvgIpc) is 2.70. The van der Waals surface area contributed by atoms with Crippen LogP contribution >= 0.6 is 22.9 Å². The summed E-state index contributed by atoms with van der Waals surface area (Å²) in [7, 11) is 0. The Kier molecular flexibility index (Phi) is 4.61. The number of thiophene rings is 1. The van der Waals surface area contributed by atoms with E-state index in [1.807, 2.05) is 6.92 Å². The fourth-order valence-corrected chi connectivity index (χ4v) is 3.41. The van der Waals surface area contributed by atoms with Crippen molar-refractivity contribution in [3.8, 4) is 0 Å². The van der Waals surface area contributed by atoms with Gasteiger partial charge in [0, 0.05) is 14.8 Å². The molecule has 102 valence electrons. The summed E-state index contributed by atoms with van der Waals surface area (Å²) < 4.78 is 13.5. The second kappa shape index (κ2) is 6.04. The molecule has 2 aromatic rings. The molecule has 1 aromatic carbocycles. The second-order valence-electron chi connectivity index (χ2n) is 4.54. The van der Waals surface area contributed by atoms with Crippen LogP contribution < -0.4 is 5.32 Å². The van der Waals surface area contributed by atoms with Gasteiger partial charge in [-0.25, -0.2) is 4.39 Å². The molecule has 1 heterocycles. The highest BCUT2D eigenvalue weighted by Gasteiger charge is 2.19. The van der Waals surface area contributed by atoms with Crippen LogP contribution in [-0.4, -0.2) is 6.54 Å². The van der Waals surface area contributed by atoms with Gasteiger partial charge < -0.3 is 5.32 Å². The first-order valence-electron chi connectivity index (χ1n) is 6.28. The molecule has 2 rings (SSSR count). The number of hydrogen-bond acceptors (Lipinski definition) is 2. The van der Waals surface area contributed by atoms with Gasteiger partial charge in [0.2, 0.25) is 0 Å². The monoisotopic (exact) mass is 297 g/mol. The topological polar surface area (TPSA) is 12.0 Å². The van der Waals surface area contributed by atoms with E-state index in [1.165, 1.54) is 27.5 Å². The van der Waals surface area contributed by atoms with Crippen molar-refractivity contribution in [2.75, 3.05) is 6.54 Å². The molecule has 4 heteroatoms. The number of halogens is 2. The fraction of sp³-hybridized carbons (Fsp3) is 0.333. The van der Waals surface area contributed by atoms with Crippen LogP contribution in [0.5, 0.6) is 0 Å². The van der Waals surface area contributed by atoms with Crippen LogP contribution in [-0.2, 0) is 0 Å². The zero-order valence-corrected chi connectivity index (χ0v) is 12.8. The van der Waals surface area contributed by atoms with Gasteiger partial charge in [0.05, 0.1) is 6.04 Å². The van der Waals surface area contributed by atoms with Crippen molar-refractivity contribution >= 4 is 22.9 Å². The van der Waals surface area contributed by atoms with Crippen LogP contribution in [0.2, 0.25) is 5.02 Å². The van der Waals surface area contributed by atoms with Crippen LogP contribution in [0.25, 0.3) is 0 Å². The van der Waals surface area contributed by atoms with Crippen molar-refractivity contribution in [3.05, 3.63) is 56.0 Å². The van der Waals surface area contributed by atoms with Crippen molar-refractivity contribution in [2.45, 2.75) is 26.8 Å². The Bertz CT molecular complexity index is 560. The van der Waals surface area contributed by atoms with Gasteiger partial charge in [-0.2, -0.15) is 0 Å². The molecular weight excluding hydrogens is 281 g/mol. The molecule has 1 N–H and O–H groups in total. The van der Waals surface area contributed by atoms with Gasteiger partial charge in [-0.3, -0.25) is 0 Å². The molecule has 0 fully saturated rings. The fourth-order valence-electron chi connectivity index (χ4n) is 2.05. The lowest BCUT2D eigenvalue weighted by Gasteiger charge is -2.18. The maximum atomic E-state index is 13.5. The van der Waals surface area contributed by atoms with E-state index in [0.717, 1.165) is 12.1 Å². The highest BCUT2D eigenvalue weighted by Crippen LogP contribution is 2.34. The third-order valence-electron chi connectivity index (χ3n) is 3.15. The third-order valence-corrected chi connectivity index (χ3v) is 4.71. The first-order valence-corrected chi connectivity index (χ1v) is 7.47. The van der Waals surface area contributed by atoms with E-state index in [4.69, 9.17) is 11.6 Å². The molecular formula is C15H17ClFNS. The SMILES string of the molecule is CCNC(c1cc(C)c(C)s1)c1cc(F)ccc1Cl. The predicted octanol–water partition coefficient (Wildman–Crippen LogP) is 4.86. The molecule has 0 bridgehead atoms. The molecule has 0 saturated carbocycles. The lowest BCUT2D eigenvalue weighted by Crippen LogP contribution is -2.21. The van der Waals surface area contributed by atoms with Crippen molar-refractivity contribution < 1.29 is 4.39 Å². The maximum Gasteiger partial charge on any atom is 0.123 e. The summed E-state index contributed by atoms with van der Waals surface area (Å²) in [6, 6.07) is 6.61. The van der Waals surface area contributed by atoms with Crippen LogP contribution in [0.3, 0.4) is 0 Å². The standard InChI is InChI=1S/C15H17ClFNS/c1-4-18-15(14-7-9(2)10(3)19-14)12-8-11(17)5-6-13(12)16/h5-8,15,18H,4H2,1-3H3. The largest absolute Gasteiger partial charge is 0.306 e. The molecule has 0 aliphatic rings. The first-order chi connectivity index (χ1) is 9.02. The molecule has 1 nitrogen and oxygen atoms in total. The number of hydrogen-bond donors (Lipinski definition) is 1. The van der Waals surface area contributed by atoms with Gasteiger partial charge in [-0.15, -0.1) is 11.3 Å². The Morgan fingerprint density at radius 3 is 2.63 bits per heavy atom. The number of rotatable bonds is 4. The lowest BCUT2D eigenvalue weighted by molar-refractivity contribution is 0.607. The van der Waals surface area contributed by atoms with Crippen LogP contribution in [0.4, 0.5) is 4.39 Å². The van der Waals surface area contributed by atoms with Gasteiger partial charge in [0.15, 0.2) is 0 Å². The molecule has 0 radical (unpaired) electrons. The van der Waals surface area contributed by atoms with Crippen LogP contribution in [0.15, 0.2) is 24.3 Å². The van der Waals surface area contributed by atoms with Gasteiger partial charge in [-0.05, 0) is 55.8 Å². The summed E-state index contributed by atoms with van der Waals surface area (Å²) in [6.45, 7) is 7.02. The Balaban J connectivity index is 2.47. The highest BCUT2D eigenvalue weighted by atomic mass is 35.5. The summed E-state index contributed by atoms with van der Waals surface area (Å²) in [5, 5.41) is 3.98. The minimum absolute atomic E-state index is 0.0504. The van der Waals surface area contributed by atoms with E-state index in [-0.39, 0.29) is 11.9 Å². The molecule has 19 heavy (non-hydrogen) atoms. The Morgan fingerprint density at radius 2 is 2.05 bits per heavy atom. The van der Waals surface area contributed by atoms with Gasteiger partial charge >= 0.3 is 0 Å². The van der Waals surface area contributed by atoms with Crippen molar-refractivity contribution in [1.29, 1.82) is 0 Å². The summed E-state index contributed by atoms with van der Waals surface area (Å²) in [6.07, 6.45) is 0. The van der Waals surface area contributed by atoms with Gasteiger partial charge in [0.25, 0.3) is 0 Å². The minimum Gasteiger partial charge on any atom is -0.306 e. The van der Waals surface area contributed by atoms with Crippen LogP contribution in [0.1, 0.15) is 33.8 Å². The Hall–Kier alpha value is -0.900. The number of aryl methyl sites for hydroxylation is 2. The normalized spacial score (nSPS) is 12.7. The van der Waals surface area contributed by atoms with Crippen molar-refractivity contribution in [1.82, 2.24) is 5.32 Å². The van der Waals surface area contributed by atoms with Gasteiger partial charge in [-0.1, -0.05) is 18.5 Å². The zero-order chi connectivity index (χ0) is 14.0. The van der Waals surface area contributed by atoms with E-state index in [1.54, 1.807) is 17.4 Å². The van der Waals surface area contributed by atoms with Crippen molar-refractivity contribution in [2.24, 2.45) is 0 Å². The molecule has 0 aliphatic heterocycles. The lowest BCUT2D eigenvalue weighted by atomic mass is 10.0. The van der Waals surface area contributed by atoms with Crippen LogP contribution in [0, 0.1) is 19.7 Å². The molecule has 0 spiro atoms. The Morgan fingerprint density at radius 1 is 1.32 bits per heavy atom. The maximum absolute atomic E-state index is 13.5. The summed E-state index contributed by atoms with van der Waals surface area (Å²) >= 11 is 7.95. The van der Waals surface area contributed by atoms with Crippen molar-refractivity contribution in [3.63, 3.8) is 0 Å². The molecule has 1 unspecified atom stereocenters. The van der Waals surface area contributed by atoms with Gasteiger partial charge in [0.1, 0.15) is 5.82 Å². The van der Waals surface area contributed by atoms with E-state index < -0.39 is 0 Å². The Labute approximate surface area is 122 Å². The summed E-state index contributed by atoms with van der Waals surface area (Å²) in [4.78, 5) is 2.45. The molecule has 0 aliphatic carbocycles.